The van der Waals surface area contributed by atoms with Crippen LogP contribution in [-0.2, 0) is 4.79 Å². The molecule has 8 nitrogen and oxygen atoms in total. The molecule has 4 N–H and O–H groups in total. The van der Waals surface area contributed by atoms with Gasteiger partial charge in [-0.05, 0) is 0 Å². The number of carbonyl (C=O) groups excluding carboxylic acids is 1. The molecular formula is C7H9N5O3. The Labute approximate surface area is 83.8 Å². The van der Waals surface area contributed by atoms with Crippen LogP contribution in [-0.4, -0.2) is 38.6 Å². The minimum atomic E-state index is -0.749. The number of β-amino-alcohol motifs (C(OH)–C–C–N with tert-alkyl or cyclic N) is 1. The van der Waals surface area contributed by atoms with E-state index >= 15 is 0 Å². The molecule has 1 aromatic rings. The average Bonchev–Trinajstić information content (AvgIpc) is 2.43. The van der Waals surface area contributed by atoms with Crippen molar-refractivity contribution in [3.63, 3.8) is 0 Å². The summed E-state index contributed by atoms with van der Waals surface area (Å²) in [6, 6.07) is 0. The van der Waals surface area contributed by atoms with Crippen LogP contribution in [0.5, 0.6) is 0 Å². The number of aliphatic hydroxyl groups is 1. The SMILES string of the molecule is Nc1nc(N2CC(O)CC2=O)nc(=O)[nH]1. The third-order valence-electron chi connectivity index (χ3n) is 2.00. The van der Waals surface area contributed by atoms with E-state index in [4.69, 9.17) is 5.73 Å². The van der Waals surface area contributed by atoms with E-state index < -0.39 is 11.8 Å². The highest BCUT2D eigenvalue weighted by Crippen LogP contribution is 2.16. The van der Waals surface area contributed by atoms with E-state index in [1.165, 1.54) is 0 Å². The van der Waals surface area contributed by atoms with E-state index in [2.05, 4.69) is 15.0 Å². The Bertz CT molecular complexity index is 456. The van der Waals surface area contributed by atoms with Crippen LogP contribution in [0.3, 0.4) is 0 Å². The van der Waals surface area contributed by atoms with Crippen LogP contribution < -0.4 is 16.3 Å². The number of hydrogen-bond donors (Lipinski definition) is 3. The number of hydrogen-bond acceptors (Lipinski definition) is 6. The topological polar surface area (TPSA) is 125 Å². The summed E-state index contributed by atoms with van der Waals surface area (Å²) in [4.78, 5) is 32.8. The molecule has 0 radical (unpaired) electrons. The van der Waals surface area contributed by atoms with Gasteiger partial charge < -0.3 is 10.8 Å². The predicted molar refractivity (Wildman–Crippen MR) is 50.0 cm³/mol. The van der Waals surface area contributed by atoms with Gasteiger partial charge in [0.25, 0.3) is 0 Å². The molecule has 1 aliphatic rings. The lowest BCUT2D eigenvalue weighted by molar-refractivity contribution is -0.117. The van der Waals surface area contributed by atoms with Gasteiger partial charge in [-0.3, -0.25) is 14.7 Å². The van der Waals surface area contributed by atoms with Gasteiger partial charge in [0.1, 0.15) is 0 Å². The van der Waals surface area contributed by atoms with Crippen LogP contribution in [0.15, 0.2) is 4.79 Å². The van der Waals surface area contributed by atoms with E-state index in [0.29, 0.717) is 0 Å². The number of H-pyrrole nitrogens is 1. The van der Waals surface area contributed by atoms with Gasteiger partial charge in [0.05, 0.1) is 19.1 Å². The zero-order valence-electron chi connectivity index (χ0n) is 7.67. The number of nitrogens with two attached hydrogens (primary N) is 1. The Kier molecular flexibility index (Phi) is 2.12. The summed E-state index contributed by atoms with van der Waals surface area (Å²) >= 11 is 0. The van der Waals surface area contributed by atoms with Gasteiger partial charge in [0.2, 0.25) is 17.8 Å². The molecule has 2 rings (SSSR count). The number of anilines is 2. The average molecular weight is 211 g/mol. The molecule has 1 aliphatic heterocycles. The minimum Gasteiger partial charge on any atom is -0.391 e. The number of nitrogens with one attached hydrogen (secondary N) is 1. The van der Waals surface area contributed by atoms with Crippen molar-refractivity contribution >= 4 is 17.8 Å². The van der Waals surface area contributed by atoms with Gasteiger partial charge in [0.15, 0.2) is 0 Å². The first-order valence-electron chi connectivity index (χ1n) is 4.28. The number of aliphatic hydroxyl groups excluding tert-OH is 1. The van der Waals surface area contributed by atoms with E-state index in [1.54, 1.807) is 0 Å². The van der Waals surface area contributed by atoms with Crippen molar-refractivity contribution < 1.29 is 9.90 Å². The van der Waals surface area contributed by atoms with Crippen molar-refractivity contribution in [1.29, 1.82) is 0 Å². The normalized spacial score (nSPS) is 21.0. The van der Waals surface area contributed by atoms with Crippen LogP contribution >= 0.6 is 0 Å². The third kappa shape index (κ3) is 1.79. The molecule has 1 saturated heterocycles. The molecule has 0 bridgehead atoms. The number of amides is 1. The van der Waals surface area contributed by atoms with Crippen LogP contribution in [0.1, 0.15) is 6.42 Å². The second kappa shape index (κ2) is 3.31. The van der Waals surface area contributed by atoms with Crippen molar-refractivity contribution in [2.45, 2.75) is 12.5 Å². The standard InChI is InChI=1S/C7H9N5O3/c8-5-9-6(11-7(15)10-5)12-2-3(13)1-4(12)14/h3,13H,1-2H2,(H3,8,9,10,11,15). The van der Waals surface area contributed by atoms with Crippen molar-refractivity contribution in [3.05, 3.63) is 10.5 Å². The molecule has 1 fully saturated rings. The summed E-state index contributed by atoms with van der Waals surface area (Å²) < 4.78 is 0. The monoisotopic (exact) mass is 211 g/mol. The zero-order chi connectivity index (χ0) is 11.0. The Morgan fingerprint density at radius 1 is 1.47 bits per heavy atom. The molecule has 1 amide bonds. The summed E-state index contributed by atoms with van der Waals surface area (Å²) in [7, 11) is 0. The molecular weight excluding hydrogens is 202 g/mol. The first kappa shape index (κ1) is 9.59. The Hall–Kier alpha value is -1.96. The molecule has 1 unspecified atom stereocenters. The highest BCUT2D eigenvalue weighted by molar-refractivity contribution is 5.94. The molecule has 80 valence electrons. The van der Waals surface area contributed by atoms with Crippen molar-refractivity contribution in [2.24, 2.45) is 0 Å². The summed E-state index contributed by atoms with van der Waals surface area (Å²) in [6.07, 6.45) is -0.739. The number of nitrogens with zero attached hydrogens (tertiary/aromatic N) is 3. The minimum absolute atomic E-state index is 0.00998. The summed E-state index contributed by atoms with van der Waals surface area (Å²) in [5, 5.41) is 9.23. The zero-order valence-corrected chi connectivity index (χ0v) is 7.67. The number of aromatic amines is 1. The molecule has 1 atom stereocenters. The van der Waals surface area contributed by atoms with E-state index in [0.717, 1.165) is 4.90 Å². The molecule has 2 heterocycles. The highest BCUT2D eigenvalue weighted by atomic mass is 16.3. The largest absolute Gasteiger partial charge is 0.391 e. The van der Waals surface area contributed by atoms with Gasteiger partial charge in [-0.25, -0.2) is 4.79 Å². The van der Waals surface area contributed by atoms with Gasteiger partial charge in [-0.15, -0.1) is 0 Å². The molecule has 0 aliphatic carbocycles. The number of nitrogen functional groups attached to an aromatic ring is 1. The number of rotatable bonds is 1. The molecule has 0 aromatic carbocycles. The molecule has 8 heteroatoms. The van der Waals surface area contributed by atoms with E-state index in [9.17, 15) is 14.7 Å². The van der Waals surface area contributed by atoms with Crippen LogP contribution in [0.25, 0.3) is 0 Å². The Morgan fingerprint density at radius 2 is 2.20 bits per heavy atom. The fourth-order valence-electron chi connectivity index (χ4n) is 1.39. The fraction of sp³-hybridized carbons (Fsp3) is 0.429. The van der Waals surface area contributed by atoms with Crippen LogP contribution in [0.2, 0.25) is 0 Å². The number of aromatic nitrogens is 3. The second-order valence-electron chi connectivity index (χ2n) is 3.20. The maximum atomic E-state index is 11.3. The predicted octanol–water partition coefficient (Wildman–Crippen LogP) is -2.16. The first-order chi connectivity index (χ1) is 7.06. The van der Waals surface area contributed by atoms with Crippen molar-refractivity contribution in [2.75, 3.05) is 17.2 Å². The molecule has 0 spiro atoms. The summed E-state index contributed by atoms with van der Waals surface area (Å²) in [5.41, 5.74) is 4.63. The lowest BCUT2D eigenvalue weighted by atomic mass is 10.3. The third-order valence-corrected chi connectivity index (χ3v) is 2.00. The van der Waals surface area contributed by atoms with Gasteiger partial charge in [-0.2, -0.15) is 9.97 Å². The van der Waals surface area contributed by atoms with Crippen LogP contribution in [0.4, 0.5) is 11.9 Å². The van der Waals surface area contributed by atoms with Crippen molar-refractivity contribution in [1.82, 2.24) is 15.0 Å². The smallest absolute Gasteiger partial charge is 0.351 e. The maximum Gasteiger partial charge on any atom is 0.351 e. The first-order valence-corrected chi connectivity index (χ1v) is 4.28. The highest BCUT2D eigenvalue weighted by Gasteiger charge is 2.31. The van der Waals surface area contributed by atoms with Gasteiger partial charge in [0, 0.05) is 0 Å². The lowest BCUT2D eigenvalue weighted by Crippen LogP contribution is -2.30. The molecule has 0 saturated carbocycles. The Morgan fingerprint density at radius 3 is 2.73 bits per heavy atom. The lowest BCUT2D eigenvalue weighted by Gasteiger charge is -2.12. The summed E-state index contributed by atoms with van der Waals surface area (Å²) in [6.45, 7) is 0.0850. The van der Waals surface area contributed by atoms with Crippen molar-refractivity contribution in [3.8, 4) is 0 Å². The second-order valence-corrected chi connectivity index (χ2v) is 3.20. The molecule has 15 heavy (non-hydrogen) atoms. The van der Waals surface area contributed by atoms with Gasteiger partial charge >= 0.3 is 5.69 Å². The fourth-order valence-corrected chi connectivity index (χ4v) is 1.39. The number of carbonyl (C=O) groups is 1. The maximum absolute atomic E-state index is 11.3. The molecule has 1 aromatic heterocycles. The van der Waals surface area contributed by atoms with E-state index in [1.807, 2.05) is 0 Å². The van der Waals surface area contributed by atoms with Crippen LogP contribution in [0, 0.1) is 0 Å². The quantitative estimate of drug-likeness (QED) is 0.486. The summed E-state index contributed by atoms with van der Waals surface area (Å²) in [5.74, 6) is -0.510. The van der Waals surface area contributed by atoms with Gasteiger partial charge in [-0.1, -0.05) is 0 Å². The Balaban J connectivity index is 2.37. The van der Waals surface area contributed by atoms with E-state index in [-0.39, 0.29) is 30.8 Å².